The molecule has 0 radical (unpaired) electrons. The fourth-order valence-corrected chi connectivity index (χ4v) is 5.66. The van der Waals surface area contributed by atoms with E-state index in [-0.39, 0.29) is 0 Å². The molecule has 5 aromatic rings. The summed E-state index contributed by atoms with van der Waals surface area (Å²) in [6.07, 6.45) is 2.37. The highest BCUT2D eigenvalue weighted by molar-refractivity contribution is 5.86. The van der Waals surface area contributed by atoms with E-state index in [0.29, 0.717) is 18.8 Å². The van der Waals surface area contributed by atoms with E-state index >= 15 is 0 Å². The molecular weight excluding hydrogens is 480 g/mol. The van der Waals surface area contributed by atoms with Crippen LogP contribution in [0.15, 0.2) is 109 Å². The van der Waals surface area contributed by atoms with Crippen molar-refractivity contribution in [1.82, 2.24) is 9.88 Å². The van der Waals surface area contributed by atoms with E-state index in [0.717, 1.165) is 44.2 Å². The second-order valence-electron chi connectivity index (χ2n) is 10.5. The minimum Gasteiger partial charge on any atom is -0.481 e. The maximum Gasteiger partial charge on any atom is 0.217 e. The van der Waals surface area contributed by atoms with Gasteiger partial charge in [-0.25, -0.2) is 4.98 Å². The first-order valence-electron chi connectivity index (χ1n) is 13.4. The average molecular weight is 517 g/mol. The Morgan fingerprint density at radius 3 is 2.26 bits per heavy atom. The quantitative estimate of drug-likeness (QED) is 0.225. The summed E-state index contributed by atoms with van der Waals surface area (Å²) in [5.41, 5.74) is 4.72. The van der Waals surface area contributed by atoms with Crippen LogP contribution in [0.1, 0.15) is 34.6 Å². The molecule has 0 bridgehead atoms. The molecule has 0 aliphatic carbocycles. The highest BCUT2D eigenvalue weighted by Crippen LogP contribution is 2.49. The van der Waals surface area contributed by atoms with Gasteiger partial charge in [0.2, 0.25) is 5.88 Å². The highest BCUT2D eigenvalue weighted by atomic mass is 16.5. The molecule has 0 amide bonds. The number of aromatic nitrogens is 1. The third-order valence-corrected chi connectivity index (χ3v) is 7.66. The van der Waals surface area contributed by atoms with Gasteiger partial charge in [-0.3, -0.25) is 0 Å². The molecule has 2 unspecified atom stereocenters. The second-order valence-corrected chi connectivity index (χ2v) is 10.5. The molecular formula is C35H36N2O2. The molecule has 0 fully saturated rings. The van der Waals surface area contributed by atoms with Gasteiger partial charge in [0.15, 0.2) is 0 Å². The topological polar surface area (TPSA) is 45.6 Å². The Hall–Kier alpha value is -3.99. The van der Waals surface area contributed by atoms with Crippen molar-refractivity contribution in [2.24, 2.45) is 0 Å². The summed E-state index contributed by atoms with van der Waals surface area (Å²) in [6, 6.07) is 35.2. The Kier molecular flexibility index (Phi) is 7.78. The van der Waals surface area contributed by atoms with Crippen LogP contribution in [0, 0.1) is 6.92 Å². The van der Waals surface area contributed by atoms with Gasteiger partial charge in [-0.2, -0.15) is 0 Å². The van der Waals surface area contributed by atoms with Crippen molar-refractivity contribution >= 4 is 10.8 Å². The second kappa shape index (κ2) is 11.4. The van der Waals surface area contributed by atoms with Gasteiger partial charge in [-0.1, -0.05) is 97.1 Å². The van der Waals surface area contributed by atoms with E-state index < -0.39 is 11.5 Å². The van der Waals surface area contributed by atoms with Gasteiger partial charge in [0.25, 0.3) is 0 Å². The molecule has 0 saturated carbocycles. The summed E-state index contributed by atoms with van der Waals surface area (Å²) < 4.78 is 5.89. The number of methoxy groups -OCH3 is 1. The van der Waals surface area contributed by atoms with Crippen molar-refractivity contribution in [3.63, 3.8) is 0 Å². The number of benzene rings is 4. The molecule has 5 rings (SSSR count). The SMILES string of the molecule is COc1ncc(-c2ccccc2)cc1C(c1ccccc1C)C(O)(CCN(C)C)c1cccc2ccccc12. The Labute approximate surface area is 231 Å². The Morgan fingerprint density at radius 2 is 1.51 bits per heavy atom. The largest absolute Gasteiger partial charge is 0.481 e. The standard InChI is InChI=1S/C35H36N2O2/c1-25-13-8-10-18-29(25)33(31-23-28(24-36-34(31)39-4)26-14-6-5-7-15-26)35(38,21-22-37(2)3)32-20-12-17-27-16-9-11-19-30(27)32/h5-20,23-24,33,38H,21-22H2,1-4H3. The van der Waals surface area contributed by atoms with Crippen molar-refractivity contribution in [2.45, 2.75) is 24.9 Å². The number of fused-ring (bicyclic) bond motifs is 1. The summed E-state index contributed by atoms with van der Waals surface area (Å²) >= 11 is 0. The smallest absolute Gasteiger partial charge is 0.217 e. The lowest BCUT2D eigenvalue weighted by molar-refractivity contribution is 0.00500. The molecule has 1 heterocycles. The lowest BCUT2D eigenvalue weighted by Crippen LogP contribution is -2.38. The van der Waals surface area contributed by atoms with Gasteiger partial charge in [-0.05, 0) is 66.5 Å². The van der Waals surface area contributed by atoms with E-state index in [4.69, 9.17) is 9.72 Å². The Morgan fingerprint density at radius 1 is 0.821 bits per heavy atom. The van der Waals surface area contributed by atoms with Crippen LogP contribution in [-0.2, 0) is 5.60 Å². The minimum atomic E-state index is -1.26. The number of hydrogen-bond acceptors (Lipinski definition) is 4. The molecule has 0 aliphatic rings. The zero-order valence-electron chi connectivity index (χ0n) is 23.1. The van der Waals surface area contributed by atoms with Gasteiger partial charge in [0, 0.05) is 29.8 Å². The Bertz CT molecular complexity index is 1560. The summed E-state index contributed by atoms with van der Waals surface area (Å²) in [5.74, 6) is 0.0852. The molecule has 0 saturated heterocycles. The third-order valence-electron chi connectivity index (χ3n) is 7.66. The van der Waals surface area contributed by atoms with E-state index in [1.165, 1.54) is 0 Å². The number of hydrogen-bond donors (Lipinski definition) is 1. The molecule has 198 valence electrons. The average Bonchev–Trinajstić information content (AvgIpc) is 2.97. The van der Waals surface area contributed by atoms with Crippen LogP contribution in [0.3, 0.4) is 0 Å². The summed E-state index contributed by atoms with van der Waals surface area (Å²) in [7, 11) is 5.74. The van der Waals surface area contributed by atoms with E-state index in [1.807, 2.05) is 68.8 Å². The lowest BCUT2D eigenvalue weighted by atomic mass is 9.69. The number of pyridine rings is 1. The predicted molar refractivity (Wildman–Crippen MR) is 160 cm³/mol. The zero-order valence-corrected chi connectivity index (χ0v) is 23.1. The van der Waals surface area contributed by atoms with Crippen molar-refractivity contribution in [1.29, 1.82) is 0 Å². The van der Waals surface area contributed by atoms with Crippen molar-refractivity contribution in [3.8, 4) is 17.0 Å². The van der Waals surface area contributed by atoms with Crippen LogP contribution in [0.4, 0.5) is 0 Å². The van der Waals surface area contributed by atoms with Gasteiger partial charge in [0.05, 0.1) is 7.11 Å². The van der Waals surface area contributed by atoms with Crippen LogP contribution in [0.25, 0.3) is 21.9 Å². The van der Waals surface area contributed by atoms with Crippen molar-refractivity contribution < 1.29 is 9.84 Å². The fourth-order valence-electron chi connectivity index (χ4n) is 5.66. The molecule has 1 N–H and O–H groups in total. The van der Waals surface area contributed by atoms with Crippen LogP contribution in [0.2, 0.25) is 0 Å². The van der Waals surface area contributed by atoms with E-state index in [2.05, 4.69) is 66.4 Å². The van der Waals surface area contributed by atoms with Gasteiger partial charge >= 0.3 is 0 Å². The first-order chi connectivity index (χ1) is 18.9. The number of ether oxygens (including phenoxy) is 1. The minimum absolute atomic E-state index is 0.435. The molecule has 2 atom stereocenters. The third kappa shape index (κ3) is 5.31. The predicted octanol–water partition coefficient (Wildman–Crippen LogP) is 7.19. The maximum absolute atomic E-state index is 13.2. The van der Waals surface area contributed by atoms with Crippen LogP contribution >= 0.6 is 0 Å². The zero-order chi connectivity index (χ0) is 27.4. The monoisotopic (exact) mass is 516 g/mol. The molecule has 0 aliphatic heterocycles. The van der Waals surface area contributed by atoms with Crippen molar-refractivity contribution in [2.75, 3.05) is 27.7 Å². The summed E-state index contributed by atoms with van der Waals surface area (Å²) in [4.78, 5) is 6.90. The van der Waals surface area contributed by atoms with Crippen LogP contribution < -0.4 is 4.74 Å². The van der Waals surface area contributed by atoms with E-state index in [1.54, 1.807) is 7.11 Å². The first-order valence-corrected chi connectivity index (χ1v) is 13.4. The molecule has 1 aromatic heterocycles. The van der Waals surface area contributed by atoms with E-state index in [9.17, 15) is 5.11 Å². The van der Waals surface area contributed by atoms with Crippen LogP contribution in [-0.4, -0.2) is 42.7 Å². The number of nitrogens with zero attached hydrogens (tertiary/aromatic N) is 2. The Balaban J connectivity index is 1.84. The fraction of sp³-hybridized carbons (Fsp3) is 0.229. The summed E-state index contributed by atoms with van der Waals surface area (Å²) in [5, 5.41) is 15.3. The van der Waals surface area contributed by atoms with Gasteiger partial charge in [-0.15, -0.1) is 0 Å². The molecule has 4 nitrogen and oxygen atoms in total. The first kappa shape index (κ1) is 26.6. The number of aliphatic hydroxyl groups is 1. The number of rotatable bonds is 9. The van der Waals surface area contributed by atoms with Crippen LogP contribution in [0.5, 0.6) is 5.88 Å². The molecule has 0 spiro atoms. The number of aryl methyl sites for hydroxylation is 1. The maximum atomic E-state index is 13.2. The normalized spacial score (nSPS) is 13.8. The molecule has 4 aromatic carbocycles. The molecule has 39 heavy (non-hydrogen) atoms. The lowest BCUT2D eigenvalue weighted by Gasteiger charge is -2.40. The summed E-state index contributed by atoms with van der Waals surface area (Å²) in [6.45, 7) is 2.81. The van der Waals surface area contributed by atoms with Gasteiger partial charge < -0.3 is 14.7 Å². The highest BCUT2D eigenvalue weighted by Gasteiger charge is 2.43. The molecule has 4 heteroatoms. The van der Waals surface area contributed by atoms with Crippen molar-refractivity contribution in [3.05, 3.63) is 132 Å². The van der Waals surface area contributed by atoms with Gasteiger partial charge in [0.1, 0.15) is 5.60 Å².